The molecular formula is C18H14BrN3O5. The average molecular weight is 432 g/mol. The molecule has 2 heterocycles. The number of methoxy groups -OCH3 is 1. The zero-order chi connectivity index (χ0) is 19.6. The van der Waals surface area contributed by atoms with Crippen molar-refractivity contribution < 1.29 is 18.9 Å². The number of aryl methyl sites for hydroxylation is 1. The Hall–Kier alpha value is -3.20. The molecule has 0 unspecified atom stereocenters. The summed E-state index contributed by atoms with van der Waals surface area (Å²) in [6.45, 7) is 1.81. The predicted octanol–water partition coefficient (Wildman–Crippen LogP) is 4.58. The largest absolute Gasteiger partial charge is 0.497 e. The van der Waals surface area contributed by atoms with E-state index in [0.717, 1.165) is 10.0 Å². The molecule has 0 aliphatic carbocycles. The number of furan rings is 1. The number of nitrogens with one attached hydrogen (secondary N) is 1. The van der Waals surface area contributed by atoms with Gasteiger partial charge in [-0.3, -0.25) is 14.9 Å². The molecule has 0 aliphatic heterocycles. The van der Waals surface area contributed by atoms with E-state index in [9.17, 15) is 14.9 Å². The van der Waals surface area contributed by atoms with Gasteiger partial charge in [0, 0.05) is 10.7 Å². The van der Waals surface area contributed by atoms with Crippen LogP contribution in [0.25, 0.3) is 11.3 Å². The minimum atomic E-state index is -0.533. The van der Waals surface area contributed by atoms with Crippen molar-refractivity contribution in [2.45, 2.75) is 6.92 Å². The smallest absolute Gasteiger partial charge is 0.292 e. The third-order valence-electron chi connectivity index (χ3n) is 3.77. The van der Waals surface area contributed by atoms with Crippen molar-refractivity contribution >= 4 is 33.3 Å². The summed E-state index contributed by atoms with van der Waals surface area (Å²) in [5.74, 6) is 0.466. The molecule has 0 saturated heterocycles. The molecule has 0 atom stereocenters. The lowest BCUT2D eigenvalue weighted by atomic mass is 10.1. The highest BCUT2D eigenvalue weighted by molar-refractivity contribution is 9.10. The van der Waals surface area contributed by atoms with Gasteiger partial charge in [0.25, 0.3) is 11.6 Å². The van der Waals surface area contributed by atoms with Gasteiger partial charge in [0.15, 0.2) is 5.76 Å². The summed E-state index contributed by atoms with van der Waals surface area (Å²) in [4.78, 5) is 27.3. The summed E-state index contributed by atoms with van der Waals surface area (Å²) in [5.41, 5.74) is 0.842. The molecule has 8 nitrogen and oxygen atoms in total. The van der Waals surface area contributed by atoms with E-state index >= 15 is 0 Å². The lowest BCUT2D eigenvalue weighted by molar-refractivity contribution is -0.384. The van der Waals surface area contributed by atoms with Crippen LogP contribution < -0.4 is 10.1 Å². The fraction of sp³-hybridized carbons (Fsp3) is 0.111. The molecule has 0 radical (unpaired) electrons. The van der Waals surface area contributed by atoms with Crippen molar-refractivity contribution in [2.75, 3.05) is 12.4 Å². The quantitative estimate of drug-likeness (QED) is 0.467. The molecule has 0 aliphatic rings. The molecule has 1 aromatic carbocycles. The van der Waals surface area contributed by atoms with Crippen LogP contribution in [0.1, 0.15) is 16.1 Å². The topological polar surface area (TPSA) is 108 Å². The van der Waals surface area contributed by atoms with Crippen LogP contribution in [-0.2, 0) is 0 Å². The Balaban J connectivity index is 1.88. The SMILES string of the molecule is COc1ccc(-c2ccc(C(=O)Nc3ncc(Br)cc3C)o2)c([N+](=O)[O-])c1. The third kappa shape index (κ3) is 3.98. The molecule has 138 valence electrons. The normalized spacial score (nSPS) is 10.5. The fourth-order valence-electron chi connectivity index (χ4n) is 2.44. The number of rotatable bonds is 5. The minimum Gasteiger partial charge on any atom is -0.497 e. The van der Waals surface area contributed by atoms with Gasteiger partial charge in [-0.05, 0) is 58.7 Å². The highest BCUT2D eigenvalue weighted by atomic mass is 79.9. The summed E-state index contributed by atoms with van der Waals surface area (Å²) in [6, 6.07) is 9.17. The molecule has 0 saturated carbocycles. The zero-order valence-corrected chi connectivity index (χ0v) is 15.9. The second-order valence-electron chi connectivity index (χ2n) is 5.58. The number of carbonyl (C=O) groups is 1. The van der Waals surface area contributed by atoms with Crippen LogP contribution in [0.2, 0.25) is 0 Å². The van der Waals surface area contributed by atoms with Gasteiger partial charge in [0.1, 0.15) is 17.3 Å². The van der Waals surface area contributed by atoms with E-state index in [-0.39, 0.29) is 22.8 Å². The Bertz CT molecular complexity index is 1030. The third-order valence-corrected chi connectivity index (χ3v) is 4.21. The van der Waals surface area contributed by atoms with Gasteiger partial charge < -0.3 is 14.5 Å². The zero-order valence-electron chi connectivity index (χ0n) is 14.4. The van der Waals surface area contributed by atoms with E-state index in [1.54, 1.807) is 12.3 Å². The summed E-state index contributed by atoms with van der Waals surface area (Å²) in [6.07, 6.45) is 1.57. The number of pyridine rings is 1. The first-order valence-corrected chi connectivity index (χ1v) is 8.54. The number of aromatic nitrogens is 1. The van der Waals surface area contributed by atoms with E-state index in [2.05, 4.69) is 26.2 Å². The van der Waals surface area contributed by atoms with E-state index < -0.39 is 10.8 Å². The van der Waals surface area contributed by atoms with Gasteiger partial charge in [-0.25, -0.2) is 4.98 Å². The number of ether oxygens (including phenoxy) is 1. The van der Waals surface area contributed by atoms with Crippen molar-refractivity contribution in [3.63, 3.8) is 0 Å². The molecule has 2 aromatic heterocycles. The Morgan fingerprint density at radius 1 is 1.30 bits per heavy atom. The monoisotopic (exact) mass is 431 g/mol. The molecule has 27 heavy (non-hydrogen) atoms. The number of anilines is 1. The summed E-state index contributed by atoms with van der Waals surface area (Å²) < 4.78 is 11.3. The maximum atomic E-state index is 12.4. The second-order valence-corrected chi connectivity index (χ2v) is 6.49. The number of nitro groups is 1. The molecule has 9 heteroatoms. The summed E-state index contributed by atoms with van der Waals surface area (Å²) >= 11 is 3.31. The Kier molecular flexibility index (Phi) is 5.22. The van der Waals surface area contributed by atoms with Crippen LogP contribution in [0.4, 0.5) is 11.5 Å². The lowest BCUT2D eigenvalue weighted by Crippen LogP contribution is -2.13. The fourth-order valence-corrected chi connectivity index (χ4v) is 2.89. The molecule has 0 bridgehead atoms. The Morgan fingerprint density at radius 3 is 2.74 bits per heavy atom. The van der Waals surface area contributed by atoms with E-state index in [1.165, 1.54) is 31.4 Å². The van der Waals surface area contributed by atoms with Crippen LogP contribution >= 0.6 is 15.9 Å². The van der Waals surface area contributed by atoms with Gasteiger partial charge in [0.05, 0.1) is 23.7 Å². The lowest BCUT2D eigenvalue weighted by Gasteiger charge is -2.06. The van der Waals surface area contributed by atoms with Gasteiger partial charge in [-0.15, -0.1) is 0 Å². The first kappa shape index (κ1) is 18.6. The maximum Gasteiger partial charge on any atom is 0.292 e. The van der Waals surface area contributed by atoms with Gasteiger partial charge >= 0.3 is 0 Å². The summed E-state index contributed by atoms with van der Waals surface area (Å²) in [5, 5.41) is 14.0. The van der Waals surface area contributed by atoms with E-state index in [4.69, 9.17) is 9.15 Å². The molecule has 1 N–H and O–H groups in total. The number of amides is 1. The van der Waals surface area contributed by atoms with Gasteiger partial charge in [-0.2, -0.15) is 0 Å². The second kappa shape index (κ2) is 7.58. The van der Waals surface area contributed by atoms with Crippen LogP contribution in [0.3, 0.4) is 0 Å². The van der Waals surface area contributed by atoms with Crippen molar-refractivity contribution in [1.82, 2.24) is 4.98 Å². The number of hydrogen-bond acceptors (Lipinski definition) is 6. The first-order chi connectivity index (χ1) is 12.9. The van der Waals surface area contributed by atoms with Gasteiger partial charge in [0.2, 0.25) is 0 Å². The number of nitrogens with zero attached hydrogens (tertiary/aromatic N) is 2. The molecule has 0 fully saturated rings. The van der Waals surface area contributed by atoms with E-state index in [1.807, 2.05) is 13.0 Å². The Morgan fingerprint density at radius 2 is 2.07 bits per heavy atom. The van der Waals surface area contributed by atoms with Gasteiger partial charge in [-0.1, -0.05) is 0 Å². The Labute approximate surface area is 162 Å². The molecule has 3 rings (SSSR count). The number of benzene rings is 1. The maximum absolute atomic E-state index is 12.4. The number of hydrogen-bond donors (Lipinski definition) is 1. The van der Waals surface area contributed by atoms with Crippen LogP contribution in [0.15, 0.2) is 51.5 Å². The highest BCUT2D eigenvalue weighted by Crippen LogP contribution is 2.34. The van der Waals surface area contributed by atoms with Crippen LogP contribution in [0.5, 0.6) is 5.75 Å². The van der Waals surface area contributed by atoms with Crippen LogP contribution in [0, 0.1) is 17.0 Å². The highest BCUT2D eigenvalue weighted by Gasteiger charge is 2.21. The minimum absolute atomic E-state index is 0.0132. The first-order valence-electron chi connectivity index (χ1n) is 7.75. The van der Waals surface area contributed by atoms with Crippen LogP contribution in [-0.4, -0.2) is 22.9 Å². The number of nitro benzene ring substituents is 1. The molecule has 0 spiro atoms. The number of halogens is 1. The predicted molar refractivity (Wildman–Crippen MR) is 102 cm³/mol. The van der Waals surface area contributed by atoms with Crippen molar-refractivity contribution in [3.05, 3.63) is 68.5 Å². The number of carbonyl (C=O) groups excluding carboxylic acids is 1. The molecule has 3 aromatic rings. The summed E-state index contributed by atoms with van der Waals surface area (Å²) in [7, 11) is 1.42. The van der Waals surface area contributed by atoms with Crippen molar-refractivity contribution in [2.24, 2.45) is 0 Å². The van der Waals surface area contributed by atoms with Crippen molar-refractivity contribution in [1.29, 1.82) is 0 Å². The molecule has 1 amide bonds. The average Bonchev–Trinajstić information content (AvgIpc) is 3.13. The molecular weight excluding hydrogens is 418 g/mol. The van der Waals surface area contributed by atoms with Crippen molar-refractivity contribution in [3.8, 4) is 17.1 Å². The standard InChI is InChI=1S/C18H14BrN3O5/c1-10-7-11(19)9-20-17(10)21-18(23)16-6-5-15(27-16)13-4-3-12(26-2)8-14(13)22(24)25/h3-9H,1-2H3,(H,20,21,23). The van der Waals surface area contributed by atoms with E-state index in [0.29, 0.717) is 11.6 Å².